The molecule has 0 amide bonds. The Labute approximate surface area is 56.2 Å². The fourth-order valence-electron chi connectivity index (χ4n) is 0. The summed E-state index contributed by atoms with van der Waals surface area (Å²) in [7, 11) is 0. The van der Waals surface area contributed by atoms with Crippen LogP contribution in [0.5, 0.6) is 0 Å². The molecule has 5 heavy (non-hydrogen) atoms. The Morgan fingerprint density at radius 3 is 1.00 bits per heavy atom. The Balaban J connectivity index is 0. The van der Waals surface area contributed by atoms with Gasteiger partial charge in [0.2, 0.25) is 0 Å². The Morgan fingerprint density at radius 2 is 1.00 bits per heavy atom. The van der Waals surface area contributed by atoms with Gasteiger partial charge >= 0.3 is 29.6 Å². The summed E-state index contributed by atoms with van der Waals surface area (Å²) in [5, 5.41) is 0. The van der Waals surface area contributed by atoms with Crippen LogP contribution >= 0.6 is 0 Å². The quantitative estimate of drug-likeness (QED) is 0.381. The summed E-state index contributed by atoms with van der Waals surface area (Å²) in [6.07, 6.45) is 0. The van der Waals surface area contributed by atoms with Gasteiger partial charge in [-0.2, -0.15) is 0 Å². The van der Waals surface area contributed by atoms with Gasteiger partial charge in [-0.1, -0.05) is 20.8 Å². The first-order valence-corrected chi connectivity index (χ1v) is 1.50. The molecule has 0 nitrogen and oxygen atoms in total. The predicted octanol–water partition coefficient (Wildman–Crippen LogP) is 0.972. The van der Waals surface area contributed by atoms with E-state index in [-0.39, 0.29) is 29.6 Å². The third kappa shape index (κ3) is 45.0. The third-order valence-electron chi connectivity index (χ3n) is 0. The van der Waals surface area contributed by atoms with Crippen molar-refractivity contribution in [3.05, 3.63) is 5.92 Å². The van der Waals surface area contributed by atoms with Crippen LogP contribution in [0.25, 0.3) is 0 Å². The maximum atomic E-state index is 2.08. The third-order valence-corrected chi connectivity index (χ3v) is 0. The predicted molar refractivity (Wildman–Crippen MR) is 27.4 cm³/mol. The summed E-state index contributed by atoms with van der Waals surface area (Å²) < 4.78 is 0. The molecule has 0 spiro atoms. The summed E-state index contributed by atoms with van der Waals surface area (Å²) >= 11 is 0. The van der Waals surface area contributed by atoms with E-state index in [1.165, 1.54) is 5.92 Å². The summed E-state index contributed by atoms with van der Waals surface area (Å²) in [5.41, 5.74) is 0. The first kappa shape index (κ1) is 9.38. The van der Waals surface area contributed by atoms with Crippen molar-refractivity contribution < 1.29 is 0 Å². The van der Waals surface area contributed by atoms with Crippen LogP contribution in [-0.2, 0) is 0 Å². The first-order valence-electron chi connectivity index (χ1n) is 1.50. The zero-order valence-electron chi connectivity index (χ0n) is 3.50. The molecule has 0 rings (SSSR count). The SMILES string of the molecule is C[C](C)C.[NaH]. The molecule has 27 valence electrons. The molecule has 0 aromatic rings. The van der Waals surface area contributed by atoms with Crippen molar-refractivity contribution in [2.75, 3.05) is 0 Å². The van der Waals surface area contributed by atoms with Crippen molar-refractivity contribution in [1.82, 2.24) is 0 Å². The normalized spacial score (nSPS) is 7.20. The molecule has 0 fully saturated rings. The van der Waals surface area contributed by atoms with Gasteiger partial charge in [0, 0.05) is 0 Å². The van der Waals surface area contributed by atoms with E-state index in [1.807, 2.05) is 0 Å². The van der Waals surface area contributed by atoms with Crippen molar-refractivity contribution in [1.29, 1.82) is 0 Å². The van der Waals surface area contributed by atoms with E-state index in [1.54, 1.807) is 0 Å². The molecule has 0 heterocycles. The van der Waals surface area contributed by atoms with Gasteiger partial charge in [0.15, 0.2) is 0 Å². The molecular formula is C4H10Na. The molecule has 0 unspecified atom stereocenters. The minimum atomic E-state index is 0. The van der Waals surface area contributed by atoms with Crippen LogP contribution in [0.3, 0.4) is 0 Å². The summed E-state index contributed by atoms with van der Waals surface area (Å²) in [6.45, 7) is 6.25. The zero-order valence-corrected chi connectivity index (χ0v) is 3.50. The van der Waals surface area contributed by atoms with Gasteiger partial charge in [0.1, 0.15) is 0 Å². The average Bonchev–Trinajstić information content (AvgIpc) is 0.811. The van der Waals surface area contributed by atoms with Crippen molar-refractivity contribution in [3.63, 3.8) is 0 Å². The molecule has 0 aliphatic heterocycles. The summed E-state index contributed by atoms with van der Waals surface area (Å²) in [6, 6.07) is 0. The van der Waals surface area contributed by atoms with Crippen molar-refractivity contribution >= 4 is 29.6 Å². The Bertz CT molecular complexity index is 8.36. The van der Waals surface area contributed by atoms with Gasteiger partial charge in [-0.25, -0.2) is 0 Å². The maximum absolute atomic E-state index is 2.08. The van der Waals surface area contributed by atoms with Gasteiger partial charge in [-0.15, -0.1) is 0 Å². The van der Waals surface area contributed by atoms with Crippen LogP contribution in [-0.4, -0.2) is 29.6 Å². The van der Waals surface area contributed by atoms with Crippen LogP contribution in [0.4, 0.5) is 0 Å². The summed E-state index contributed by atoms with van der Waals surface area (Å²) in [4.78, 5) is 0. The monoisotopic (exact) mass is 81.1 g/mol. The van der Waals surface area contributed by atoms with Crippen molar-refractivity contribution in [3.8, 4) is 0 Å². The van der Waals surface area contributed by atoms with Crippen LogP contribution in [0.2, 0.25) is 0 Å². The molecule has 1 heteroatoms. The molecule has 0 aromatic heterocycles. The molecule has 0 aliphatic rings. The van der Waals surface area contributed by atoms with Gasteiger partial charge in [0.25, 0.3) is 0 Å². The van der Waals surface area contributed by atoms with Gasteiger partial charge in [-0.05, 0) is 5.92 Å². The number of rotatable bonds is 0. The Hall–Kier alpha value is 1.00. The molecule has 1 radical (unpaired) electrons. The molecule has 0 bridgehead atoms. The minimum absolute atomic E-state index is 0. The van der Waals surface area contributed by atoms with Crippen LogP contribution < -0.4 is 0 Å². The van der Waals surface area contributed by atoms with Gasteiger partial charge in [0.05, 0.1) is 0 Å². The van der Waals surface area contributed by atoms with E-state index in [2.05, 4.69) is 20.8 Å². The number of hydrogen-bond acceptors (Lipinski definition) is 0. The zero-order chi connectivity index (χ0) is 3.58. The van der Waals surface area contributed by atoms with E-state index in [0.29, 0.717) is 0 Å². The van der Waals surface area contributed by atoms with Crippen LogP contribution in [0, 0.1) is 5.92 Å². The van der Waals surface area contributed by atoms with Crippen molar-refractivity contribution in [2.24, 2.45) is 0 Å². The standard InChI is InChI=1S/C4H9.Na.H/c1-4(2)3;;/h1-3H3;;. The number of hydrogen-bond donors (Lipinski definition) is 0. The van der Waals surface area contributed by atoms with Gasteiger partial charge < -0.3 is 0 Å². The van der Waals surface area contributed by atoms with E-state index in [9.17, 15) is 0 Å². The van der Waals surface area contributed by atoms with Gasteiger partial charge in [-0.3, -0.25) is 0 Å². The molecule has 0 saturated heterocycles. The van der Waals surface area contributed by atoms with Crippen LogP contribution in [0.15, 0.2) is 0 Å². The molecule has 0 atom stereocenters. The Morgan fingerprint density at radius 1 is 1.00 bits per heavy atom. The second-order valence-corrected chi connectivity index (χ2v) is 1.50. The van der Waals surface area contributed by atoms with E-state index in [4.69, 9.17) is 0 Å². The second-order valence-electron chi connectivity index (χ2n) is 1.50. The first-order chi connectivity index (χ1) is 1.73. The second kappa shape index (κ2) is 5.00. The topological polar surface area (TPSA) is 0 Å². The van der Waals surface area contributed by atoms with Crippen molar-refractivity contribution in [2.45, 2.75) is 20.8 Å². The molecule has 0 saturated carbocycles. The Kier molecular flexibility index (Phi) is 9.38. The molecular weight excluding hydrogens is 71.0 g/mol. The van der Waals surface area contributed by atoms with E-state index in [0.717, 1.165) is 0 Å². The van der Waals surface area contributed by atoms with E-state index < -0.39 is 0 Å². The average molecular weight is 81.1 g/mol. The van der Waals surface area contributed by atoms with E-state index >= 15 is 0 Å². The molecule has 0 aromatic carbocycles. The molecule has 0 N–H and O–H groups in total. The summed E-state index contributed by atoms with van der Waals surface area (Å²) in [5.74, 6) is 1.42. The molecule has 0 aliphatic carbocycles. The van der Waals surface area contributed by atoms with Crippen LogP contribution in [0.1, 0.15) is 20.8 Å². The fraction of sp³-hybridized carbons (Fsp3) is 0.750. The fourth-order valence-corrected chi connectivity index (χ4v) is 0.